The van der Waals surface area contributed by atoms with E-state index in [0.717, 1.165) is 11.1 Å². The van der Waals surface area contributed by atoms with Gasteiger partial charge in [-0.2, -0.15) is 0 Å². The van der Waals surface area contributed by atoms with Crippen LogP contribution in [0.15, 0.2) is 55.3 Å². The summed E-state index contributed by atoms with van der Waals surface area (Å²) in [5, 5.41) is 2.82. The summed E-state index contributed by atoms with van der Waals surface area (Å²) in [4.78, 5) is 16.3. The molecule has 0 bridgehead atoms. The molecule has 0 fully saturated rings. The molecule has 0 aliphatic rings. The monoisotopic (exact) mass is 368 g/mol. The van der Waals surface area contributed by atoms with E-state index in [1.165, 1.54) is 6.08 Å². The normalized spacial score (nSPS) is 10.4. The van der Waals surface area contributed by atoms with E-state index in [4.69, 9.17) is 14.2 Å². The van der Waals surface area contributed by atoms with Crippen LogP contribution < -0.4 is 19.5 Å². The number of aromatic nitrogens is 1. The number of pyridine rings is 1. The number of hydrogen-bond acceptors (Lipinski definition) is 5. The van der Waals surface area contributed by atoms with Gasteiger partial charge in [-0.15, -0.1) is 0 Å². The van der Waals surface area contributed by atoms with E-state index in [-0.39, 0.29) is 5.91 Å². The van der Waals surface area contributed by atoms with Gasteiger partial charge in [0, 0.05) is 24.4 Å². The molecule has 1 heterocycles. The Morgan fingerprint density at radius 2 is 2.11 bits per heavy atom. The molecule has 0 saturated heterocycles. The maximum absolute atomic E-state index is 12.1. The SMILES string of the molecule is C=CCOc1ccc(/C=C/C(=O)NCc2cccnc2OCC)cc1OC. The molecule has 1 N–H and O–H groups in total. The van der Waals surface area contributed by atoms with E-state index < -0.39 is 0 Å². The summed E-state index contributed by atoms with van der Waals surface area (Å²) in [6.45, 7) is 6.76. The molecule has 6 heteroatoms. The van der Waals surface area contributed by atoms with Gasteiger partial charge in [0.15, 0.2) is 11.5 Å². The Hall–Kier alpha value is -3.28. The third-order valence-corrected chi connectivity index (χ3v) is 3.56. The number of carbonyl (C=O) groups excluding carboxylic acids is 1. The van der Waals surface area contributed by atoms with Crippen molar-refractivity contribution in [3.8, 4) is 17.4 Å². The lowest BCUT2D eigenvalue weighted by molar-refractivity contribution is -0.116. The van der Waals surface area contributed by atoms with Crippen LogP contribution in [0.1, 0.15) is 18.1 Å². The number of benzene rings is 1. The van der Waals surface area contributed by atoms with Gasteiger partial charge >= 0.3 is 0 Å². The fraction of sp³-hybridized carbons (Fsp3) is 0.238. The predicted molar refractivity (Wildman–Crippen MR) is 105 cm³/mol. The zero-order valence-corrected chi connectivity index (χ0v) is 15.6. The summed E-state index contributed by atoms with van der Waals surface area (Å²) >= 11 is 0. The van der Waals surface area contributed by atoms with E-state index in [1.54, 1.807) is 37.6 Å². The van der Waals surface area contributed by atoms with E-state index in [1.807, 2.05) is 25.1 Å². The number of amides is 1. The molecule has 1 aromatic carbocycles. The fourth-order valence-corrected chi connectivity index (χ4v) is 2.29. The highest BCUT2D eigenvalue weighted by Gasteiger charge is 2.06. The summed E-state index contributed by atoms with van der Waals surface area (Å²) in [7, 11) is 1.57. The minimum atomic E-state index is -0.216. The first-order valence-corrected chi connectivity index (χ1v) is 8.62. The van der Waals surface area contributed by atoms with Crippen LogP contribution in [0.3, 0.4) is 0 Å². The van der Waals surface area contributed by atoms with E-state index in [2.05, 4.69) is 16.9 Å². The third-order valence-electron chi connectivity index (χ3n) is 3.56. The Morgan fingerprint density at radius 3 is 2.85 bits per heavy atom. The van der Waals surface area contributed by atoms with Crippen molar-refractivity contribution in [3.05, 3.63) is 66.4 Å². The minimum absolute atomic E-state index is 0.216. The number of hydrogen-bond donors (Lipinski definition) is 1. The molecule has 0 unspecified atom stereocenters. The highest BCUT2D eigenvalue weighted by Crippen LogP contribution is 2.28. The number of ether oxygens (including phenoxy) is 3. The first kappa shape index (κ1) is 20.0. The topological polar surface area (TPSA) is 69.7 Å². The van der Waals surface area contributed by atoms with Crippen molar-refractivity contribution in [2.75, 3.05) is 20.3 Å². The number of methoxy groups -OCH3 is 1. The van der Waals surface area contributed by atoms with Gasteiger partial charge in [-0.1, -0.05) is 24.8 Å². The average molecular weight is 368 g/mol. The molecule has 142 valence electrons. The summed E-state index contributed by atoms with van der Waals surface area (Å²) in [6.07, 6.45) is 6.50. The summed E-state index contributed by atoms with van der Waals surface area (Å²) in [6, 6.07) is 9.12. The number of rotatable bonds is 10. The predicted octanol–water partition coefficient (Wildman–Crippen LogP) is 3.38. The van der Waals surface area contributed by atoms with Crippen LogP contribution in [-0.2, 0) is 11.3 Å². The number of carbonyl (C=O) groups is 1. The largest absolute Gasteiger partial charge is 0.493 e. The van der Waals surface area contributed by atoms with Crippen molar-refractivity contribution in [2.24, 2.45) is 0 Å². The smallest absolute Gasteiger partial charge is 0.244 e. The number of nitrogens with zero attached hydrogens (tertiary/aromatic N) is 1. The van der Waals surface area contributed by atoms with Gasteiger partial charge in [0.2, 0.25) is 11.8 Å². The Kier molecular flexibility index (Phi) is 7.91. The Balaban J connectivity index is 1.97. The van der Waals surface area contributed by atoms with Crippen molar-refractivity contribution in [2.45, 2.75) is 13.5 Å². The second-order valence-corrected chi connectivity index (χ2v) is 5.46. The van der Waals surface area contributed by atoms with Crippen molar-refractivity contribution in [1.29, 1.82) is 0 Å². The van der Waals surface area contributed by atoms with Crippen LogP contribution in [0, 0.1) is 0 Å². The molecular weight excluding hydrogens is 344 g/mol. The van der Waals surface area contributed by atoms with Gasteiger partial charge in [-0.05, 0) is 36.8 Å². The molecule has 0 spiro atoms. The Bertz CT molecular complexity index is 803. The molecule has 6 nitrogen and oxygen atoms in total. The second-order valence-electron chi connectivity index (χ2n) is 5.46. The lowest BCUT2D eigenvalue weighted by Crippen LogP contribution is -2.20. The van der Waals surface area contributed by atoms with Crippen LogP contribution in [0.4, 0.5) is 0 Å². The zero-order chi connectivity index (χ0) is 19.5. The molecule has 27 heavy (non-hydrogen) atoms. The third kappa shape index (κ3) is 6.18. The molecule has 2 aromatic rings. The second kappa shape index (κ2) is 10.7. The molecule has 2 rings (SSSR count). The van der Waals surface area contributed by atoms with Gasteiger partial charge in [0.1, 0.15) is 6.61 Å². The zero-order valence-electron chi connectivity index (χ0n) is 15.6. The van der Waals surface area contributed by atoms with Gasteiger partial charge in [0.25, 0.3) is 0 Å². The minimum Gasteiger partial charge on any atom is -0.493 e. The van der Waals surface area contributed by atoms with E-state index in [0.29, 0.717) is 37.1 Å². The van der Waals surface area contributed by atoms with Crippen LogP contribution >= 0.6 is 0 Å². The first-order valence-electron chi connectivity index (χ1n) is 8.62. The van der Waals surface area contributed by atoms with Crippen LogP contribution in [-0.4, -0.2) is 31.2 Å². The van der Waals surface area contributed by atoms with Crippen molar-refractivity contribution in [3.63, 3.8) is 0 Å². The molecule has 0 atom stereocenters. The Labute approximate surface area is 159 Å². The van der Waals surface area contributed by atoms with Crippen LogP contribution in [0.25, 0.3) is 6.08 Å². The van der Waals surface area contributed by atoms with Crippen LogP contribution in [0.5, 0.6) is 17.4 Å². The quantitative estimate of drug-likeness (QED) is 0.514. The van der Waals surface area contributed by atoms with Gasteiger partial charge in [-0.3, -0.25) is 4.79 Å². The fourth-order valence-electron chi connectivity index (χ4n) is 2.29. The molecule has 0 aliphatic heterocycles. The van der Waals surface area contributed by atoms with Crippen molar-refractivity contribution < 1.29 is 19.0 Å². The molecular formula is C21H24N2O4. The molecule has 1 amide bonds. The first-order chi connectivity index (χ1) is 13.2. The van der Waals surface area contributed by atoms with E-state index >= 15 is 0 Å². The Morgan fingerprint density at radius 1 is 1.26 bits per heavy atom. The summed E-state index contributed by atoms with van der Waals surface area (Å²) in [5.41, 5.74) is 1.65. The van der Waals surface area contributed by atoms with E-state index in [9.17, 15) is 4.79 Å². The van der Waals surface area contributed by atoms with Crippen LogP contribution in [0.2, 0.25) is 0 Å². The highest BCUT2D eigenvalue weighted by atomic mass is 16.5. The average Bonchev–Trinajstić information content (AvgIpc) is 2.70. The van der Waals surface area contributed by atoms with Gasteiger partial charge in [-0.25, -0.2) is 4.98 Å². The molecule has 0 radical (unpaired) electrons. The molecule has 0 saturated carbocycles. The standard InChI is InChI=1S/C21H24N2O4/c1-4-13-27-18-10-8-16(14-19(18)25-3)9-11-20(24)23-15-17-7-6-12-22-21(17)26-5-2/h4,6-12,14H,1,5,13,15H2,2-3H3,(H,23,24)/b11-9+. The van der Waals surface area contributed by atoms with Crippen molar-refractivity contribution >= 4 is 12.0 Å². The van der Waals surface area contributed by atoms with Gasteiger partial charge < -0.3 is 19.5 Å². The summed E-state index contributed by atoms with van der Waals surface area (Å²) in [5.74, 6) is 1.53. The summed E-state index contributed by atoms with van der Waals surface area (Å²) < 4.78 is 16.3. The molecule has 1 aromatic heterocycles. The lowest BCUT2D eigenvalue weighted by atomic mass is 10.2. The number of nitrogens with one attached hydrogen (secondary N) is 1. The maximum Gasteiger partial charge on any atom is 0.244 e. The van der Waals surface area contributed by atoms with Gasteiger partial charge in [0.05, 0.1) is 13.7 Å². The lowest BCUT2D eigenvalue weighted by Gasteiger charge is -2.10. The van der Waals surface area contributed by atoms with Crippen molar-refractivity contribution in [1.82, 2.24) is 10.3 Å². The molecule has 0 aliphatic carbocycles. The maximum atomic E-state index is 12.1. The highest BCUT2D eigenvalue weighted by molar-refractivity contribution is 5.91.